The van der Waals surface area contributed by atoms with Gasteiger partial charge in [-0.3, -0.25) is 4.79 Å². The molecule has 0 aliphatic heterocycles. The van der Waals surface area contributed by atoms with Gasteiger partial charge in [0, 0.05) is 5.57 Å². The summed E-state index contributed by atoms with van der Waals surface area (Å²) >= 11 is 0. The van der Waals surface area contributed by atoms with E-state index in [2.05, 4.69) is 5.32 Å². The average molecular weight is 185 g/mol. The summed E-state index contributed by atoms with van der Waals surface area (Å²) in [6, 6.07) is -0.118. The Morgan fingerprint density at radius 2 is 2.15 bits per heavy atom. The van der Waals surface area contributed by atoms with Crippen molar-refractivity contribution in [3.05, 3.63) is 11.6 Å². The van der Waals surface area contributed by atoms with Crippen LogP contribution in [0.25, 0.3) is 0 Å². The van der Waals surface area contributed by atoms with E-state index in [0.717, 1.165) is 18.4 Å². The molecule has 0 saturated carbocycles. The Labute approximate surface area is 79.8 Å². The van der Waals surface area contributed by atoms with Crippen molar-refractivity contribution in [1.82, 2.24) is 5.32 Å². The van der Waals surface area contributed by atoms with E-state index in [-0.39, 0.29) is 18.6 Å². The van der Waals surface area contributed by atoms with Crippen LogP contribution in [0.15, 0.2) is 11.6 Å². The largest absolute Gasteiger partial charge is 0.394 e. The molecular weight excluding hydrogens is 166 g/mol. The number of rotatable bonds is 5. The maximum Gasteiger partial charge on any atom is 0.246 e. The third-order valence-electron chi connectivity index (χ3n) is 1.92. The Morgan fingerprint density at radius 3 is 2.54 bits per heavy atom. The fourth-order valence-corrected chi connectivity index (χ4v) is 0.975. The van der Waals surface area contributed by atoms with Gasteiger partial charge in [0.2, 0.25) is 5.91 Å². The molecule has 3 nitrogen and oxygen atoms in total. The van der Waals surface area contributed by atoms with Crippen molar-refractivity contribution in [3.63, 3.8) is 0 Å². The van der Waals surface area contributed by atoms with Gasteiger partial charge in [-0.1, -0.05) is 19.9 Å². The summed E-state index contributed by atoms with van der Waals surface area (Å²) in [5.41, 5.74) is 0.717. The molecular formula is C10H19NO2. The number of hydrogen-bond acceptors (Lipinski definition) is 2. The van der Waals surface area contributed by atoms with Gasteiger partial charge in [-0.15, -0.1) is 0 Å². The minimum absolute atomic E-state index is 0.00163. The molecule has 0 heterocycles. The van der Waals surface area contributed by atoms with Gasteiger partial charge in [-0.25, -0.2) is 0 Å². The molecule has 0 spiro atoms. The number of carbonyl (C=O) groups excluding carboxylic acids is 1. The van der Waals surface area contributed by atoms with Crippen LogP contribution in [0, 0.1) is 0 Å². The molecule has 3 heteroatoms. The van der Waals surface area contributed by atoms with E-state index in [1.165, 1.54) is 0 Å². The molecule has 0 fully saturated rings. The van der Waals surface area contributed by atoms with Crippen LogP contribution in [-0.4, -0.2) is 23.7 Å². The number of carbonyl (C=O) groups is 1. The van der Waals surface area contributed by atoms with Crippen molar-refractivity contribution < 1.29 is 9.90 Å². The summed E-state index contributed by atoms with van der Waals surface area (Å²) in [7, 11) is 0. The molecule has 1 atom stereocenters. The van der Waals surface area contributed by atoms with Gasteiger partial charge < -0.3 is 10.4 Å². The van der Waals surface area contributed by atoms with Gasteiger partial charge >= 0.3 is 0 Å². The Kier molecular flexibility index (Phi) is 6.24. The summed E-state index contributed by atoms with van der Waals surface area (Å²) in [5, 5.41) is 11.6. The summed E-state index contributed by atoms with van der Waals surface area (Å²) in [6.07, 6.45) is 3.48. The highest BCUT2D eigenvalue weighted by atomic mass is 16.3. The number of aliphatic hydroxyl groups excluding tert-OH is 1. The zero-order valence-electron chi connectivity index (χ0n) is 8.63. The van der Waals surface area contributed by atoms with Crippen LogP contribution in [0.1, 0.15) is 33.6 Å². The van der Waals surface area contributed by atoms with E-state index >= 15 is 0 Å². The molecule has 76 valence electrons. The van der Waals surface area contributed by atoms with Crippen LogP contribution in [0.5, 0.6) is 0 Å². The van der Waals surface area contributed by atoms with Crippen molar-refractivity contribution in [3.8, 4) is 0 Å². The predicted octanol–water partition coefficient (Wildman–Crippen LogP) is 1.23. The predicted molar refractivity (Wildman–Crippen MR) is 53.4 cm³/mol. The second kappa shape index (κ2) is 6.66. The third-order valence-corrected chi connectivity index (χ3v) is 1.92. The zero-order valence-corrected chi connectivity index (χ0v) is 8.63. The first-order valence-electron chi connectivity index (χ1n) is 4.74. The van der Waals surface area contributed by atoms with Crippen LogP contribution in [0.3, 0.4) is 0 Å². The SMILES string of the molecule is CC/C=C(/C)C(=O)N[C@@H](CC)CO. The fourth-order valence-electron chi connectivity index (χ4n) is 0.975. The lowest BCUT2D eigenvalue weighted by Gasteiger charge is -2.13. The van der Waals surface area contributed by atoms with E-state index in [4.69, 9.17) is 5.11 Å². The average Bonchev–Trinajstić information content (AvgIpc) is 2.14. The normalized spacial score (nSPS) is 14.0. The van der Waals surface area contributed by atoms with Crippen LogP contribution < -0.4 is 5.32 Å². The number of hydrogen-bond donors (Lipinski definition) is 2. The Balaban J connectivity index is 4.05. The molecule has 0 aliphatic rings. The highest BCUT2D eigenvalue weighted by Gasteiger charge is 2.09. The quantitative estimate of drug-likeness (QED) is 0.633. The van der Waals surface area contributed by atoms with Gasteiger partial charge in [0.15, 0.2) is 0 Å². The van der Waals surface area contributed by atoms with Crippen molar-refractivity contribution in [2.45, 2.75) is 39.7 Å². The first kappa shape index (κ1) is 12.2. The van der Waals surface area contributed by atoms with Crippen molar-refractivity contribution in [2.75, 3.05) is 6.61 Å². The van der Waals surface area contributed by atoms with Crippen molar-refractivity contribution in [2.24, 2.45) is 0 Å². The van der Waals surface area contributed by atoms with E-state index < -0.39 is 0 Å². The van der Waals surface area contributed by atoms with E-state index in [1.807, 2.05) is 19.9 Å². The van der Waals surface area contributed by atoms with E-state index in [9.17, 15) is 4.79 Å². The highest BCUT2D eigenvalue weighted by molar-refractivity contribution is 5.92. The number of allylic oxidation sites excluding steroid dienone is 1. The third kappa shape index (κ3) is 4.68. The minimum Gasteiger partial charge on any atom is -0.394 e. The summed E-state index contributed by atoms with van der Waals surface area (Å²) < 4.78 is 0. The lowest BCUT2D eigenvalue weighted by Crippen LogP contribution is -2.37. The second-order valence-corrected chi connectivity index (χ2v) is 3.06. The Bertz CT molecular complexity index is 183. The van der Waals surface area contributed by atoms with Crippen molar-refractivity contribution in [1.29, 1.82) is 0 Å². The molecule has 0 aromatic carbocycles. The molecule has 13 heavy (non-hydrogen) atoms. The molecule has 0 radical (unpaired) electrons. The van der Waals surface area contributed by atoms with Gasteiger partial charge in [-0.05, 0) is 19.8 Å². The maximum absolute atomic E-state index is 11.4. The Morgan fingerprint density at radius 1 is 1.54 bits per heavy atom. The van der Waals surface area contributed by atoms with Crippen molar-refractivity contribution >= 4 is 5.91 Å². The molecule has 0 unspecified atom stereocenters. The fraction of sp³-hybridized carbons (Fsp3) is 0.700. The molecule has 2 N–H and O–H groups in total. The first-order valence-corrected chi connectivity index (χ1v) is 4.74. The summed E-state index contributed by atoms with van der Waals surface area (Å²) in [6.45, 7) is 5.70. The lowest BCUT2D eigenvalue weighted by molar-refractivity contribution is -0.118. The van der Waals surface area contributed by atoms with E-state index in [1.54, 1.807) is 6.92 Å². The molecule has 0 aromatic rings. The van der Waals surface area contributed by atoms with Crippen LogP contribution in [0.4, 0.5) is 0 Å². The monoisotopic (exact) mass is 185 g/mol. The second-order valence-electron chi connectivity index (χ2n) is 3.06. The summed E-state index contributed by atoms with van der Waals surface area (Å²) in [5.74, 6) is -0.0808. The van der Waals surface area contributed by atoms with Crippen LogP contribution in [0.2, 0.25) is 0 Å². The molecule has 0 saturated heterocycles. The van der Waals surface area contributed by atoms with Crippen LogP contribution >= 0.6 is 0 Å². The van der Waals surface area contributed by atoms with Gasteiger partial charge in [-0.2, -0.15) is 0 Å². The van der Waals surface area contributed by atoms with E-state index in [0.29, 0.717) is 0 Å². The van der Waals surface area contributed by atoms with Crippen LogP contribution in [-0.2, 0) is 4.79 Å². The first-order chi connectivity index (χ1) is 6.15. The molecule has 0 rings (SSSR count). The molecule has 0 aliphatic carbocycles. The number of amides is 1. The van der Waals surface area contributed by atoms with Gasteiger partial charge in [0.25, 0.3) is 0 Å². The standard InChI is InChI=1S/C10H19NO2/c1-4-6-8(3)10(13)11-9(5-2)7-12/h6,9,12H,4-5,7H2,1-3H3,(H,11,13)/b8-6-/t9-/m0/s1. The Hall–Kier alpha value is -0.830. The smallest absolute Gasteiger partial charge is 0.246 e. The lowest BCUT2D eigenvalue weighted by atomic mass is 10.2. The number of aliphatic hydroxyl groups is 1. The molecule has 0 bridgehead atoms. The minimum atomic E-state index is -0.118. The topological polar surface area (TPSA) is 49.3 Å². The molecule has 1 amide bonds. The highest BCUT2D eigenvalue weighted by Crippen LogP contribution is 1.97. The molecule has 0 aromatic heterocycles. The number of nitrogens with one attached hydrogen (secondary N) is 1. The van der Waals surface area contributed by atoms with Gasteiger partial charge in [0.05, 0.1) is 12.6 Å². The van der Waals surface area contributed by atoms with Gasteiger partial charge in [0.1, 0.15) is 0 Å². The zero-order chi connectivity index (χ0) is 10.3. The summed E-state index contributed by atoms with van der Waals surface area (Å²) in [4.78, 5) is 11.4. The maximum atomic E-state index is 11.4.